The summed E-state index contributed by atoms with van der Waals surface area (Å²) in [4.78, 5) is 18.3. The maximum absolute atomic E-state index is 11.9. The van der Waals surface area contributed by atoms with Crippen molar-refractivity contribution in [3.63, 3.8) is 0 Å². The molecule has 2 N–H and O–H groups in total. The third-order valence-electron chi connectivity index (χ3n) is 3.10. The number of carbonyl (C=O) groups is 1. The van der Waals surface area contributed by atoms with Gasteiger partial charge in [0.25, 0.3) is 5.91 Å². The van der Waals surface area contributed by atoms with Crippen molar-refractivity contribution in [2.45, 2.75) is 0 Å². The van der Waals surface area contributed by atoms with E-state index in [1.54, 1.807) is 31.4 Å². The number of likely N-dealkylation sites (N-methyl/N-ethyl adjacent to an activating group) is 1. The summed E-state index contributed by atoms with van der Waals surface area (Å²) in [5.74, 6) is 1.55. The normalized spacial score (nSPS) is 13.2. The predicted octanol–water partition coefficient (Wildman–Crippen LogP) is 0.934. The quantitative estimate of drug-likeness (QED) is 0.567. The van der Waals surface area contributed by atoms with Crippen molar-refractivity contribution in [2.24, 2.45) is 4.99 Å². The first-order valence-corrected chi connectivity index (χ1v) is 6.62. The van der Waals surface area contributed by atoms with Crippen LogP contribution >= 0.6 is 24.0 Å². The summed E-state index contributed by atoms with van der Waals surface area (Å²) in [6.45, 7) is 2.99. The van der Waals surface area contributed by atoms with Crippen LogP contribution < -0.4 is 15.4 Å². The van der Waals surface area contributed by atoms with Crippen molar-refractivity contribution in [3.8, 4) is 5.75 Å². The van der Waals surface area contributed by atoms with E-state index in [2.05, 4.69) is 20.5 Å². The highest BCUT2D eigenvalue weighted by Crippen LogP contribution is 2.10. The molecule has 1 aliphatic heterocycles. The molecule has 0 bridgehead atoms. The van der Waals surface area contributed by atoms with Gasteiger partial charge in [0.05, 0.1) is 13.7 Å². The second-order valence-electron chi connectivity index (χ2n) is 4.54. The summed E-state index contributed by atoms with van der Waals surface area (Å²) >= 11 is 0. The first-order valence-electron chi connectivity index (χ1n) is 6.62. The lowest BCUT2D eigenvalue weighted by molar-refractivity contribution is 0.0954. The van der Waals surface area contributed by atoms with E-state index in [9.17, 15) is 4.79 Å². The van der Waals surface area contributed by atoms with Crippen LogP contribution in [0, 0.1) is 0 Å². The second kappa shape index (κ2) is 8.71. The molecule has 0 aliphatic carbocycles. The number of guanidine groups is 1. The molecular formula is C14H21IN4O2. The van der Waals surface area contributed by atoms with Crippen molar-refractivity contribution >= 4 is 35.8 Å². The summed E-state index contributed by atoms with van der Waals surface area (Å²) in [6, 6.07) is 7.04. The summed E-state index contributed by atoms with van der Waals surface area (Å²) in [5, 5.41) is 6.06. The van der Waals surface area contributed by atoms with Gasteiger partial charge in [-0.1, -0.05) is 0 Å². The molecule has 0 radical (unpaired) electrons. The molecule has 0 spiro atoms. The molecular weight excluding hydrogens is 383 g/mol. The second-order valence-corrected chi connectivity index (χ2v) is 4.54. The molecule has 0 saturated carbocycles. The van der Waals surface area contributed by atoms with Gasteiger partial charge in [-0.05, 0) is 24.3 Å². The molecule has 0 unspecified atom stereocenters. The topological polar surface area (TPSA) is 66.0 Å². The number of rotatable bonds is 5. The molecule has 1 aromatic rings. The van der Waals surface area contributed by atoms with Crippen LogP contribution in [0.3, 0.4) is 0 Å². The first kappa shape index (κ1) is 17.5. The largest absolute Gasteiger partial charge is 0.497 e. The number of methoxy groups -OCH3 is 1. The highest BCUT2D eigenvalue weighted by atomic mass is 127. The van der Waals surface area contributed by atoms with Gasteiger partial charge >= 0.3 is 0 Å². The minimum atomic E-state index is -0.0869. The highest BCUT2D eigenvalue weighted by molar-refractivity contribution is 14.0. The van der Waals surface area contributed by atoms with Gasteiger partial charge in [-0.25, -0.2) is 0 Å². The molecule has 21 heavy (non-hydrogen) atoms. The van der Waals surface area contributed by atoms with E-state index in [4.69, 9.17) is 4.74 Å². The SMILES string of the molecule is COc1ccc(C(=O)NCCNC2=NCCN2C)cc1.I. The molecule has 6 nitrogen and oxygen atoms in total. The van der Waals surface area contributed by atoms with Crippen LogP contribution in [0.15, 0.2) is 29.3 Å². The molecule has 2 rings (SSSR count). The summed E-state index contributed by atoms with van der Waals surface area (Å²) < 4.78 is 5.05. The number of nitrogens with one attached hydrogen (secondary N) is 2. The molecule has 0 atom stereocenters. The fourth-order valence-corrected chi connectivity index (χ4v) is 1.92. The zero-order chi connectivity index (χ0) is 14.4. The van der Waals surface area contributed by atoms with E-state index in [1.165, 1.54) is 0 Å². The zero-order valence-corrected chi connectivity index (χ0v) is 14.6. The highest BCUT2D eigenvalue weighted by Gasteiger charge is 2.11. The number of amides is 1. The van der Waals surface area contributed by atoms with Crippen molar-refractivity contribution in [1.82, 2.24) is 15.5 Å². The first-order chi connectivity index (χ1) is 9.70. The minimum Gasteiger partial charge on any atom is -0.497 e. The van der Waals surface area contributed by atoms with Crippen LogP contribution in [0.2, 0.25) is 0 Å². The van der Waals surface area contributed by atoms with Crippen LogP contribution in [0.25, 0.3) is 0 Å². The van der Waals surface area contributed by atoms with E-state index in [0.29, 0.717) is 18.7 Å². The lowest BCUT2D eigenvalue weighted by Gasteiger charge is -2.15. The fourth-order valence-electron chi connectivity index (χ4n) is 1.92. The maximum atomic E-state index is 11.9. The standard InChI is InChI=1S/C14H20N4O2.HI/c1-18-10-9-17-14(18)16-8-7-15-13(19)11-3-5-12(20-2)6-4-11;/h3-6H,7-10H2,1-2H3,(H,15,19)(H,16,17);1H. The maximum Gasteiger partial charge on any atom is 0.251 e. The average Bonchev–Trinajstić information content (AvgIpc) is 2.89. The van der Waals surface area contributed by atoms with Crippen LogP contribution in [0.4, 0.5) is 0 Å². The van der Waals surface area contributed by atoms with Gasteiger partial charge in [0.15, 0.2) is 5.96 Å². The van der Waals surface area contributed by atoms with Crippen LogP contribution in [-0.4, -0.2) is 57.1 Å². The number of nitrogens with zero attached hydrogens (tertiary/aromatic N) is 2. The van der Waals surface area contributed by atoms with E-state index < -0.39 is 0 Å². The lowest BCUT2D eigenvalue weighted by atomic mass is 10.2. The van der Waals surface area contributed by atoms with E-state index >= 15 is 0 Å². The average molecular weight is 404 g/mol. The van der Waals surface area contributed by atoms with Gasteiger partial charge in [0, 0.05) is 32.2 Å². The molecule has 0 saturated heterocycles. The van der Waals surface area contributed by atoms with E-state index in [1.807, 2.05) is 7.05 Å². The molecule has 0 fully saturated rings. The number of hydrogen-bond donors (Lipinski definition) is 2. The van der Waals surface area contributed by atoms with Gasteiger partial charge < -0.3 is 20.3 Å². The van der Waals surface area contributed by atoms with E-state index in [-0.39, 0.29) is 29.9 Å². The minimum absolute atomic E-state index is 0. The van der Waals surface area contributed by atoms with Gasteiger partial charge in [-0.3, -0.25) is 9.79 Å². The molecule has 1 heterocycles. The predicted molar refractivity (Wildman–Crippen MR) is 93.7 cm³/mol. The smallest absolute Gasteiger partial charge is 0.251 e. The number of aliphatic imine (C=N–C) groups is 1. The van der Waals surface area contributed by atoms with Gasteiger partial charge in [0.1, 0.15) is 5.75 Å². The Morgan fingerprint density at radius 3 is 2.62 bits per heavy atom. The van der Waals surface area contributed by atoms with Gasteiger partial charge in [-0.2, -0.15) is 0 Å². The molecule has 1 aromatic carbocycles. The molecule has 116 valence electrons. The lowest BCUT2D eigenvalue weighted by Crippen LogP contribution is -2.40. The van der Waals surface area contributed by atoms with Crippen molar-refractivity contribution < 1.29 is 9.53 Å². The van der Waals surface area contributed by atoms with E-state index in [0.717, 1.165) is 24.8 Å². The molecule has 0 aromatic heterocycles. The number of hydrogen-bond acceptors (Lipinski definition) is 5. The van der Waals surface area contributed by atoms with Crippen molar-refractivity contribution in [3.05, 3.63) is 29.8 Å². The van der Waals surface area contributed by atoms with Gasteiger partial charge in [0.2, 0.25) is 0 Å². The summed E-state index contributed by atoms with van der Waals surface area (Å²) in [7, 11) is 3.60. The van der Waals surface area contributed by atoms with Crippen molar-refractivity contribution in [1.29, 1.82) is 0 Å². The van der Waals surface area contributed by atoms with Crippen LogP contribution in [0.1, 0.15) is 10.4 Å². The Labute approximate surface area is 142 Å². The Bertz CT molecular complexity index is 490. The third kappa shape index (κ3) is 5.07. The van der Waals surface area contributed by atoms with Crippen LogP contribution in [-0.2, 0) is 0 Å². The Morgan fingerprint density at radius 1 is 1.33 bits per heavy atom. The number of benzene rings is 1. The van der Waals surface area contributed by atoms with Gasteiger partial charge in [-0.15, -0.1) is 24.0 Å². The molecule has 1 aliphatic rings. The Hall–Kier alpha value is -1.51. The molecule has 7 heteroatoms. The number of carbonyl (C=O) groups excluding carboxylic acids is 1. The fraction of sp³-hybridized carbons (Fsp3) is 0.429. The third-order valence-corrected chi connectivity index (χ3v) is 3.10. The Morgan fingerprint density at radius 2 is 2.05 bits per heavy atom. The monoisotopic (exact) mass is 404 g/mol. The summed E-state index contributed by atoms with van der Waals surface area (Å²) in [5.41, 5.74) is 0.626. The number of halogens is 1. The molecule has 1 amide bonds. The number of ether oxygens (including phenoxy) is 1. The van der Waals surface area contributed by atoms with Crippen molar-refractivity contribution in [2.75, 3.05) is 40.3 Å². The zero-order valence-electron chi connectivity index (χ0n) is 12.3. The Kier molecular flexibility index (Phi) is 7.27. The van der Waals surface area contributed by atoms with Crippen LogP contribution in [0.5, 0.6) is 5.75 Å². The Balaban J connectivity index is 0.00000220. The summed E-state index contributed by atoms with van der Waals surface area (Å²) in [6.07, 6.45) is 0.